The normalized spacial score (nSPS) is 17.5. The number of likely N-dealkylation sites (tertiary alicyclic amines) is 1. The molecule has 6 heteroatoms. The second kappa shape index (κ2) is 8.94. The van der Waals surface area contributed by atoms with Crippen molar-refractivity contribution in [3.05, 3.63) is 42.7 Å². The molecule has 0 spiro atoms. The highest BCUT2D eigenvalue weighted by Gasteiger charge is 2.26. The number of hydrogen-bond donors (Lipinski definition) is 0. The Hall–Kier alpha value is -1.95. The minimum Gasteiger partial charge on any atom is -0.497 e. The maximum atomic E-state index is 12.7. The van der Waals surface area contributed by atoms with E-state index >= 15 is 0 Å². The number of ether oxygens (including phenoxy) is 1. The van der Waals surface area contributed by atoms with Gasteiger partial charge in [-0.25, -0.2) is 0 Å². The van der Waals surface area contributed by atoms with Crippen molar-refractivity contribution >= 4 is 17.7 Å². The molecule has 0 saturated carbocycles. The highest BCUT2D eigenvalue weighted by atomic mass is 32.2. The van der Waals surface area contributed by atoms with E-state index in [0.29, 0.717) is 11.8 Å². The summed E-state index contributed by atoms with van der Waals surface area (Å²) >= 11 is 1.58. The Morgan fingerprint density at radius 3 is 3.08 bits per heavy atom. The van der Waals surface area contributed by atoms with Crippen LogP contribution in [0.15, 0.2) is 47.6 Å². The van der Waals surface area contributed by atoms with E-state index in [4.69, 9.17) is 4.74 Å². The number of thioether (sulfide) groups is 1. The largest absolute Gasteiger partial charge is 0.497 e. The first kappa shape index (κ1) is 17.9. The molecular formula is C19H25N3O2S. The van der Waals surface area contributed by atoms with Gasteiger partial charge in [-0.05, 0) is 49.9 Å². The number of benzene rings is 1. The summed E-state index contributed by atoms with van der Waals surface area (Å²) in [6.07, 6.45) is 8.15. The summed E-state index contributed by atoms with van der Waals surface area (Å²) in [5.74, 6) is 1.54. The molecule has 1 aromatic carbocycles. The van der Waals surface area contributed by atoms with E-state index in [1.54, 1.807) is 25.1 Å². The molecule has 1 unspecified atom stereocenters. The van der Waals surface area contributed by atoms with Crippen LogP contribution in [0, 0.1) is 0 Å². The standard InChI is InChI=1S/C19H25N3O2S/c1-24-17-7-4-8-18(14-17)25-15-19(23)22-12-3-2-6-16(22)9-13-21-11-5-10-20-21/h4-5,7-8,10-11,14,16H,2-3,6,9,12-13,15H2,1H3. The fourth-order valence-electron chi connectivity index (χ4n) is 3.26. The van der Waals surface area contributed by atoms with Crippen LogP contribution in [0.1, 0.15) is 25.7 Å². The first-order valence-corrected chi connectivity index (χ1v) is 9.78. The molecule has 2 heterocycles. The van der Waals surface area contributed by atoms with E-state index < -0.39 is 0 Å². The number of methoxy groups -OCH3 is 1. The number of aryl methyl sites for hydroxylation is 1. The maximum absolute atomic E-state index is 12.7. The quantitative estimate of drug-likeness (QED) is 0.711. The zero-order valence-corrected chi connectivity index (χ0v) is 15.5. The molecule has 1 amide bonds. The summed E-state index contributed by atoms with van der Waals surface area (Å²) < 4.78 is 7.19. The van der Waals surface area contributed by atoms with Crippen LogP contribution in [-0.4, -0.2) is 46.0 Å². The van der Waals surface area contributed by atoms with Gasteiger partial charge >= 0.3 is 0 Å². The van der Waals surface area contributed by atoms with Gasteiger partial charge in [-0.1, -0.05) is 6.07 Å². The lowest BCUT2D eigenvalue weighted by Crippen LogP contribution is -2.45. The third-order valence-corrected chi connectivity index (χ3v) is 5.58. The molecule has 1 aliphatic rings. The van der Waals surface area contributed by atoms with Gasteiger partial charge in [0, 0.05) is 36.4 Å². The van der Waals surface area contributed by atoms with Crippen molar-refractivity contribution in [2.75, 3.05) is 19.4 Å². The number of hydrogen-bond acceptors (Lipinski definition) is 4. The van der Waals surface area contributed by atoms with Gasteiger partial charge in [0.25, 0.3) is 0 Å². The van der Waals surface area contributed by atoms with Crippen LogP contribution in [0.3, 0.4) is 0 Å². The molecule has 1 atom stereocenters. The molecule has 134 valence electrons. The molecule has 0 N–H and O–H groups in total. The Morgan fingerprint density at radius 2 is 2.28 bits per heavy atom. The number of carbonyl (C=O) groups is 1. The Labute approximate surface area is 153 Å². The van der Waals surface area contributed by atoms with Gasteiger partial charge in [0.05, 0.1) is 12.9 Å². The summed E-state index contributed by atoms with van der Waals surface area (Å²) in [5, 5.41) is 4.26. The van der Waals surface area contributed by atoms with E-state index in [1.165, 1.54) is 6.42 Å². The molecule has 0 radical (unpaired) electrons. The molecule has 25 heavy (non-hydrogen) atoms. The first-order chi connectivity index (χ1) is 12.3. The van der Waals surface area contributed by atoms with Crippen molar-refractivity contribution in [3.8, 4) is 5.75 Å². The lowest BCUT2D eigenvalue weighted by atomic mass is 9.99. The van der Waals surface area contributed by atoms with Gasteiger partial charge in [-0.2, -0.15) is 5.10 Å². The average Bonchev–Trinajstić information content (AvgIpc) is 3.18. The third kappa shape index (κ3) is 5.01. The average molecular weight is 359 g/mol. The minimum atomic E-state index is 0.234. The summed E-state index contributed by atoms with van der Waals surface area (Å²) in [7, 11) is 1.66. The van der Waals surface area contributed by atoms with Crippen LogP contribution in [0.2, 0.25) is 0 Å². The third-order valence-electron chi connectivity index (χ3n) is 4.60. The van der Waals surface area contributed by atoms with E-state index in [0.717, 1.165) is 43.0 Å². The van der Waals surface area contributed by atoms with E-state index in [2.05, 4.69) is 10.00 Å². The summed E-state index contributed by atoms with van der Waals surface area (Å²) in [5.41, 5.74) is 0. The Bertz CT molecular complexity index is 675. The molecule has 5 nitrogen and oxygen atoms in total. The van der Waals surface area contributed by atoms with Crippen LogP contribution in [0.25, 0.3) is 0 Å². The Morgan fingerprint density at radius 1 is 1.36 bits per heavy atom. The molecule has 0 bridgehead atoms. The Balaban J connectivity index is 1.54. The number of rotatable bonds is 7. The number of aromatic nitrogens is 2. The van der Waals surface area contributed by atoms with E-state index in [1.807, 2.05) is 41.2 Å². The SMILES string of the molecule is COc1cccc(SCC(=O)N2CCCCC2CCn2cccn2)c1. The van der Waals surface area contributed by atoms with Crippen LogP contribution in [-0.2, 0) is 11.3 Å². The molecule has 1 aliphatic heterocycles. The van der Waals surface area contributed by atoms with Crippen molar-refractivity contribution in [2.45, 2.75) is 43.2 Å². The van der Waals surface area contributed by atoms with Gasteiger partial charge in [0.15, 0.2) is 0 Å². The van der Waals surface area contributed by atoms with Crippen LogP contribution >= 0.6 is 11.8 Å². The summed E-state index contributed by atoms with van der Waals surface area (Å²) in [4.78, 5) is 15.9. The second-order valence-electron chi connectivity index (χ2n) is 6.26. The van der Waals surface area contributed by atoms with Crippen LogP contribution < -0.4 is 4.74 Å². The first-order valence-electron chi connectivity index (χ1n) is 8.80. The number of carbonyl (C=O) groups excluding carboxylic acids is 1. The van der Waals surface area contributed by atoms with Crippen molar-refractivity contribution in [2.24, 2.45) is 0 Å². The van der Waals surface area contributed by atoms with Gasteiger partial charge < -0.3 is 9.64 Å². The maximum Gasteiger partial charge on any atom is 0.233 e. The molecular weight excluding hydrogens is 334 g/mol. The van der Waals surface area contributed by atoms with E-state index in [-0.39, 0.29) is 5.91 Å². The minimum absolute atomic E-state index is 0.234. The highest BCUT2D eigenvalue weighted by Crippen LogP contribution is 2.25. The topological polar surface area (TPSA) is 47.4 Å². The monoisotopic (exact) mass is 359 g/mol. The fourth-order valence-corrected chi connectivity index (χ4v) is 4.09. The van der Waals surface area contributed by atoms with Gasteiger partial charge in [-0.3, -0.25) is 9.48 Å². The zero-order valence-electron chi connectivity index (χ0n) is 14.6. The lowest BCUT2D eigenvalue weighted by Gasteiger charge is -2.36. The van der Waals surface area contributed by atoms with Gasteiger partial charge in [-0.15, -0.1) is 11.8 Å². The highest BCUT2D eigenvalue weighted by molar-refractivity contribution is 8.00. The van der Waals surface area contributed by atoms with Crippen molar-refractivity contribution < 1.29 is 9.53 Å². The van der Waals surface area contributed by atoms with Crippen LogP contribution in [0.5, 0.6) is 5.75 Å². The molecule has 0 aliphatic carbocycles. The molecule has 2 aromatic rings. The van der Waals surface area contributed by atoms with Gasteiger partial charge in [0.2, 0.25) is 5.91 Å². The smallest absolute Gasteiger partial charge is 0.233 e. The van der Waals surface area contributed by atoms with Crippen molar-refractivity contribution in [1.82, 2.24) is 14.7 Å². The molecule has 3 rings (SSSR count). The van der Waals surface area contributed by atoms with E-state index in [9.17, 15) is 4.79 Å². The Kier molecular flexibility index (Phi) is 6.39. The predicted octanol–water partition coefficient (Wildman–Crippen LogP) is 3.46. The van der Waals surface area contributed by atoms with Crippen LogP contribution in [0.4, 0.5) is 0 Å². The summed E-state index contributed by atoms with van der Waals surface area (Å²) in [6.45, 7) is 1.74. The molecule has 1 saturated heterocycles. The number of nitrogens with zero attached hydrogens (tertiary/aromatic N) is 3. The fraction of sp³-hybridized carbons (Fsp3) is 0.474. The van der Waals surface area contributed by atoms with Gasteiger partial charge in [0.1, 0.15) is 5.75 Å². The van der Waals surface area contributed by atoms with Crippen molar-refractivity contribution in [1.29, 1.82) is 0 Å². The zero-order chi connectivity index (χ0) is 17.5. The molecule has 1 aromatic heterocycles. The number of piperidine rings is 1. The van der Waals surface area contributed by atoms with Crippen molar-refractivity contribution in [3.63, 3.8) is 0 Å². The second-order valence-corrected chi connectivity index (χ2v) is 7.31. The lowest BCUT2D eigenvalue weighted by molar-refractivity contribution is -0.132. The number of amides is 1. The predicted molar refractivity (Wildman–Crippen MR) is 99.9 cm³/mol. The summed E-state index contributed by atoms with van der Waals surface area (Å²) in [6, 6.07) is 10.1. The molecule has 1 fully saturated rings.